The molecule has 0 saturated carbocycles. The third kappa shape index (κ3) is 4.22. The van der Waals surface area contributed by atoms with E-state index >= 15 is 0 Å². The molecular weight excluding hydrogens is 414 g/mol. The zero-order chi connectivity index (χ0) is 22.0. The number of rotatable bonds is 4. The van der Waals surface area contributed by atoms with Crippen molar-refractivity contribution in [1.82, 2.24) is 4.90 Å². The summed E-state index contributed by atoms with van der Waals surface area (Å²) in [6, 6.07) is 14.8. The van der Waals surface area contributed by atoms with Crippen molar-refractivity contribution in [3.8, 4) is 6.07 Å². The maximum Gasteiger partial charge on any atom is 0.232 e. The molecule has 160 valence electrons. The number of ether oxygens (including phenoxy) is 1. The number of nitrogens with one attached hydrogen (secondary N) is 1. The highest BCUT2D eigenvalue weighted by Gasteiger charge is 2.41. The monoisotopic (exact) mass is 437 g/mol. The quantitative estimate of drug-likeness (QED) is 0.754. The number of nitrogens with zero attached hydrogens (tertiary/aromatic N) is 3. The standard InChI is InChI=1S/C23H24ClN5O2/c1-23(13-20(30)29(22(26)28-23)17-9-11-31-12-10-17)18-3-2-4-19(21(18)24)27-16-7-5-15(14-25)6-8-16/h2-8,17,27H,9-13H2,1H3,(H2,26,28)/t23-/m0/s1. The van der Waals surface area contributed by atoms with E-state index in [1.165, 1.54) is 0 Å². The molecule has 0 aromatic heterocycles. The van der Waals surface area contributed by atoms with Crippen LogP contribution in [0, 0.1) is 11.3 Å². The van der Waals surface area contributed by atoms with Crippen LogP contribution in [0.2, 0.25) is 5.02 Å². The maximum atomic E-state index is 13.1. The molecule has 2 aliphatic heterocycles. The molecule has 1 saturated heterocycles. The number of nitriles is 1. The topological polar surface area (TPSA) is 104 Å². The van der Waals surface area contributed by atoms with Gasteiger partial charge in [-0.1, -0.05) is 23.7 Å². The fourth-order valence-corrected chi connectivity index (χ4v) is 4.55. The summed E-state index contributed by atoms with van der Waals surface area (Å²) in [5.74, 6) is 0.176. The Labute approximate surface area is 186 Å². The summed E-state index contributed by atoms with van der Waals surface area (Å²) >= 11 is 6.75. The average molecular weight is 438 g/mol. The Balaban J connectivity index is 1.62. The molecule has 0 spiro atoms. The van der Waals surface area contributed by atoms with E-state index in [1.54, 1.807) is 17.0 Å². The summed E-state index contributed by atoms with van der Waals surface area (Å²) in [7, 11) is 0. The number of nitrogens with two attached hydrogens (primary N) is 1. The van der Waals surface area contributed by atoms with Gasteiger partial charge in [0.25, 0.3) is 0 Å². The lowest BCUT2D eigenvalue weighted by molar-refractivity contribution is -0.132. The minimum atomic E-state index is -0.859. The molecule has 8 heteroatoms. The van der Waals surface area contributed by atoms with Crippen LogP contribution in [-0.4, -0.2) is 36.0 Å². The van der Waals surface area contributed by atoms with Crippen molar-refractivity contribution >= 4 is 34.8 Å². The highest BCUT2D eigenvalue weighted by Crippen LogP contribution is 2.41. The van der Waals surface area contributed by atoms with Gasteiger partial charge in [0.05, 0.1) is 34.3 Å². The van der Waals surface area contributed by atoms with Crippen molar-refractivity contribution in [3.05, 3.63) is 58.6 Å². The largest absolute Gasteiger partial charge is 0.381 e. The van der Waals surface area contributed by atoms with Gasteiger partial charge < -0.3 is 15.8 Å². The van der Waals surface area contributed by atoms with Crippen LogP contribution in [0.4, 0.5) is 11.4 Å². The van der Waals surface area contributed by atoms with Gasteiger partial charge in [0, 0.05) is 30.5 Å². The zero-order valence-corrected chi connectivity index (χ0v) is 18.0. The van der Waals surface area contributed by atoms with E-state index in [9.17, 15) is 4.79 Å². The number of carbonyl (C=O) groups is 1. The molecule has 3 N–H and O–H groups in total. The van der Waals surface area contributed by atoms with Crippen LogP contribution in [0.5, 0.6) is 0 Å². The zero-order valence-electron chi connectivity index (χ0n) is 17.3. The fraction of sp³-hybridized carbons (Fsp3) is 0.348. The van der Waals surface area contributed by atoms with Crippen molar-refractivity contribution < 1.29 is 9.53 Å². The van der Waals surface area contributed by atoms with E-state index < -0.39 is 5.54 Å². The average Bonchev–Trinajstić information content (AvgIpc) is 2.76. The van der Waals surface area contributed by atoms with Crippen LogP contribution in [0.15, 0.2) is 47.5 Å². The Morgan fingerprint density at radius 2 is 1.97 bits per heavy atom. The molecule has 1 atom stereocenters. The number of carbonyl (C=O) groups excluding carboxylic acids is 1. The fourth-order valence-electron chi connectivity index (χ4n) is 4.17. The molecule has 2 heterocycles. The van der Waals surface area contributed by atoms with E-state index in [1.807, 2.05) is 37.3 Å². The summed E-state index contributed by atoms with van der Waals surface area (Å²) in [5, 5.41) is 12.7. The lowest BCUT2D eigenvalue weighted by Gasteiger charge is -2.40. The molecule has 0 aliphatic carbocycles. The lowest BCUT2D eigenvalue weighted by Crippen LogP contribution is -2.55. The molecule has 4 rings (SSSR count). The first-order chi connectivity index (χ1) is 14.9. The van der Waals surface area contributed by atoms with Gasteiger partial charge in [0.2, 0.25) is 5.91 Å². The second-order valence-electron chi connectivity index (χ2n) is 8.01. The number of guanidine groups is 1. The van der Waals surface area contributed by atoms with Gasteiger partial charge in [-0.2, -0.15) is 5.26 Å². The number of anilines is 2. The third-order valence-corrected chi connectivity index (χ3v) is 6.21. The lowest BCUT2D eigenvalue weighted by atomic mass is 9.86. The second kappa shape index (κ2) is 8.58. The Morgan fingerprint density at radius 1 is 1.26 bits per heavy atom. The first-order valence-electron chi connectivity index (χ1n) is 10.2. The van der Waals surface area contributed by atoms with Gasteiger partial charge in [-0.05, 0) is 50.1 Å². The van der Waals surface area contributed by atoms with Gasteiger partial charge in [-0.3, -0.25) is 9.69 Å². The summed E-state index contributed by atoms with van der Waals surface area (Å²) in [6.07, 6.45) is 1.69. The minimum Gasteiger partial charge on any atom is -0.381 e. The summed E-state index contributed by atoms with van der Waals surface area (Å²) in [6.45, 7) is 3.12. The molecule has 7 nitrogen and oxygen atoms in total. The molecule has 31 heavy (non-hydrogen) atoms. The van der Waals surface area contributed by atoms with Crippen LogP contribution >= 0.6 is 11.6 Å². The van der Waals surface area contributed by atoms with E-state index in [2.05, 4.69) is 11.4 Å². The number of amides is 1. The predicted molar refractivity (Wildman–Crippen MR) is 120 cm³/mol. The predicted octanol–water partition coefficient (Wildman–Crippen LogP) is 3.90. The van der Waals surface area contributed by atoms with E-state index in [4.69, 9.17) is 32.3 Å². The molecule has 0 unspecified atom stereocenters. The number of hydrogen-bond donors (Lipinski definition) is 2. The number of hydrogen-bond acceptors (Lipinski definition) is 6. The summed E-state index contributed by atoms with van der Waals surface area (Å²) < 4.78 is 5.40. The van der Waals surface area contributed by atoms with Gasteiger partial charge in [-0.25, -0.2) is 4.99 Å². The van der Waals surface area contributed by atoms with Gasteiger partial charge >= 0.3 is 0 Å². The Morgan fingerprint density at radius 3 is 2.61 bits per heavy atom. The first-order valence-corrected chi connectivity index (χ1v) is 10.6. The number of benzene rings is 2. The van der Waals surface area contributed by atoms with Crippen LogP contribution in [0.25, 0.3) is 0 Å². The Hall–Kier alpha value is -3.08. The van der Waals surface area contributed by atoms with Gasteiger partial charge in [0.1, 0.15) is 0 Å². The SMILES string of the molecule is C[C@@]1(c2cccc(Nc3ccc(C#N)cc3)c2Cl)CC(=O)N(C2CCOCC2)C(N)=N1. The highest BCUT2D eigenvalue weighted by molar-refractivity contribution is 6.34. The summed E-state index contributed by atoms with van der Waals surface area (Å²) in [4.78, 5) is 19.4. The highest BCUT2D eigenvalue weighted by atomic mass is 35.5. The van der Waals surface area contributed by atoms with Crippen LogP contribution < -0.4 is 11.1 Å². The van der Waals surface area contributed by atoms with Crippen molar-refractivity contribution in [1.29, 1.82) is 5.26 Å². The van der Waals surface area contributed by atoms with Gasteiger partial charge in [-0.15, -0.1) is 0 Å². The van der Waals surface area contributed by atoms with Crippen molar-refractivity contribution in [3.63, 3.8) is 0 Å². The summed E-state index contributed by atoms with van der Waals surface area (Å²) in [5.41, 5.74) is 8.23. The minimum absolute atomic E-state index is 0.0226. The Kier molecular flexibility index (Phi) is 5.86. The Bertz CT molecular complexity index is 1060. The third-order valence-electron chi connectivity index (χ3n) is 5.80. The van der Waals surface area contributed by atoms with E-state index in [0.29, 0.717) is 29.5 Å². The molecule has 0 radical (unpaired) electrons. The van der Waals surface area contributed by atoms with E-state index in [0.717, 1.165) is 24.1 Å². The number of halogens is 1. The normalized spacial score (nSPS) is 22.0. The van der Waals surface area contributed by atoms with Crippen molar-refractivity contribution in [2.24, 2.45) is 10.7 Å². The van der Waals surface area contributed by atoms with E-state index in [-0.39, 0.29) is 24.3 Å². The first kappa shape index (κ1) is 21.2. The number of aliphatic imine (C=N–C) groups is 1. The maximum absolute atomic E-state index is 13.1. The van der Waals surface area contributed by atoms with Gasteiger partial charge in [0.15, 0.2) is 5.96 Å². The van der Waals surface area contributed by atoms with Crippen molar-refractivity contribution in [2.45, 2.75) is 37.8 Å². The molecule has 1 fully saturated rings. The molecule has 2 aliphatic rings. The molecule has 1 amide bonds. The van der Waals surface area contributed by atoms with Crippen LogP contribution in [0.3, 0.4) is 0 Å². The van der Waals surface area contributed by atoms with Crippen LogP contribution in [-0.2, 0) is 15.1 Å². The van der Waals surface area contributed by atoms with Crippen LogP contribution in [0.1, 0.15) is 37.3 Å². The van der Waals surface area contributed by atoms with Crippen molar-refractivity contribution in [2.75, 3.05) is 18.5 Å². The molecule has 2 aromatic rings. The molecule has 0 bridgehead atoms. The smallest absolute Gasteiger partial charge is 0.232 e. The molecule has 2 aromatic carbocycles. The second-order valence-corrected chi connectivity index (χ2v) is 8.39. The molecular formula is C23H24ClN5O2.